The van der Waals surface area contributed by atoms with Crippen molar-refractivity contribution in [2.75, 3.05) is 18.5 Å². The van der Waals surface area contributed by atoms with E-state index in [0.29, 0.717) is 5.69 Å². The molecule has 0 fully saturated rings. The number of nitrogens with one attached hydrogen (secondary N) is 2. The van der Waals surface area contributed by atoms with Crippen molar-refractivity contribution in [3.8, 4) is 0 Å². The van der Waals surface area contributed by atoms with E-state index in [1.807, 2.05) is 6.92 Å². The molecule has 0 aliphatic rings. The summed E-state index contributed by atoms with van der Waals surface area (Å²) in [6.45, 7) is 1.09. The topological polar surface area (TPSA) is 97.6 Å². The number of hydrogen-bond acceptors (Lipinski definition) is 5. The van der Waals surface area contributed by atoms with Crippen molar-refractivity contribution in [3.05, 3.63) is 52.4 Å². The maximum atomic E-state index is 11.7. The first-order valence-corrected chi connectivity index (χ1v) is 7.78. The molecule has 24 heavy (non-hydrogen) atoms. The molecule has 0 bridgehead atoms. The van der Waals surface area contributed by atoms with Gasteiger partial charge in [-0.3, -0.25) is 14.4 Å². The van der Waals surface area contributed by atoms with E-state index in [1.165, 1.54) is 12.3 Å². The second-order valence-corrected chi connectivity index (χ2v) is 5.69. The number of anilines is 1. The number of halogens is 1. The van der Waals surface area contributed by atoms with Crippen LogP contribution in [-0.2, 0) is 14.3 Å². The molecule has 1 aromatic heterocycles. The molecule has 1 aromatic carbocycles. The van der Waals surface area contributed by atoms with E-state index in [4.69, 9.17) is 9.15 Å². The quantitative estimate of drug-likeness (QED) is 0.732. The number of ether oxygens (including phenoxy) is 1. The van der Waals surface area contributed by atoms with Crippen molar-refractivity contribution in [1.29, 1.82) is 0 Å². The second-order valence-electron chi connectivity index (χ2n) is 4.83. The minimum Gasteiger partial charge on any atom is -0.459 e. The summed E-state index contributed by atoms with van der Waals surface area (Å²) < 4.78 is 10.6. The van der Waals surface area contributed by atoms with Gasteiger partial charge in [-0.25, -0.2) is 0 Å². The van der Waals surface area contributed by atoms with Gasteiger partial charge in [-0.05, 0) is 42.8 Å². The lowest BCUT2D eigenvalue weighted by atomic mass is 10.2. The number of aryl methyl sites for hydroxylation is 1. The molecular formula is C16H15BrN2O5. The van der Waals surface area contributed by atoms with Crippen molar-refractivity contribution >= 4 is 39.4 Å². The zero-order valence-electron chi connectivity index (χ0n) is 12.8. The molecule has 0 saturated carbocycles. The number of esters is 1. The van der Waals surface area contributed by atoms with E-state index in [0.717, 1.165) is 10.0 Å². The van der Waals surface area contributed by atoms with Crippen LogP contribution < -0.4 is 10.6 Å². The fraction of sp³-hybridized carbons (Fsp3) is 0.188. The van der Waals surface area contributed by atoms with E-state index < -0.39 is 24.4 Å². The lowest BCUT2D eigenvalue weighted by Gasteiger charge is -2.08. The molecule has 2 N–H and O–H groups in total. The summed E-state index contributed by atoms with van der Waals surface area (Å²) in [7, 11) is 0. The van der Waals surface area contributed by atoms with E-state index in [9.17, 15) is 14.4 Å². The average Bonchev–Trinajstić information content (AvgIpc) is 3.08. The molecule has 0 spiro atoms. The standard InChI is InChI=1S/C16H15BrN2O5/c1-10-7-11(4-5-12(10)17)19-14(20)9-24-15(21)8-18-16(22)13-3-2-6-23-13/h2-7H,8-9H2,1H3,(H,18,22)(H,19,20). The Morgan fingerprint density at radius 3 is 2.71 bits per heavy atom. The average molecular weight is 395 g/mol. The maximum absolute atomic E-state index is 11.7. The number of amides is 2. The normalized spacial score (nSPS) is 10.1. The third-order valence-corrected chi connectivity index (χ3v) is 3.83. The van der Waals surface area contributed by atoms with Crippen molar-refractivity contribution in [1.82, 2.24) is 5.32 Å². The van der Waals surface area contributed by atoms with Gasteiger partial charge in [0.2, 0.25) is 0 Å². The van der Waals surface area contributed by atoms with Crippen molar-refractivity contribution in [2.45, 2.75) is 6.92 Å². The minimum atomic E-state index is -0.725. The van der Waals surface area contributed by atoms with Gasteiger partial charge in [0.1, 0.15) is 6.54 Å². The van der Waals surface area contributed by atoms with Crippen LogP contribution in [0.5, 0.6) is 0 Å². The van der Waals surface area contributed by atoms with Crippen LogP contribution >= 0.6 is 15.9 Å². The number of benzene rings is 1. The SMILES string of the molecule is Cc1cc(NC(=O)COC(=O)CNC(=O)c2ccco2)ccc1Br. The highest BCUT2D eigenvalue weighted by Crippen LogP contribution is 2.19. The van der Waals surface area contributed by atoms with E-state index >= 15 is 0 Å². The van der Waals surface area contributed by atoms with Crippen LogP contribution in [0.1, 0.15) is 16.1 Å². The molecule has 0 aliphatic carbocycles. The van der Waals surface area contributed by atoms with Crippen molar-refractivity contribution < 1.29 is 23.5 Å². The Balaban J connectivity index is 1.72. The largest absolute Gasteiger partial charge is 0.459 e. The third-order valence-electron chi connectivity index (χ3n) is 2.94. The third kappa shape index (κ3) is 5.24. The van der Waals surface area contributed by atoms with Crippen LogP contribution in [0.2, 0.25) is 0 Å². The molecule has 0 radical (unpaired) electrons. The highest BCUT2D eigenvalue weighted by Gasteiger charge is 2.12. The summed E-state index contributed by atoms with van der Waals surface area (Å²) in [5, 5.41) is 4.94. The Bertz CT molecular complexity index is 743. The van der Waals surface area contributed by atoms with Gasteiger partial charge >= 0.3 is 5.97 Å². The summed E-state index contributed by atoms with van der Waals surface area (Å²) >= 11 is 3.37. The maximum Gasteiger partial charge on any atom is 0.325 e. The van der Waals surface area contributed by atoms with Gasteiger partial charge in [-0.15, -0.1) is 0 Å². The van der Waals surface area contributed by atoms with E-state index in [2.05, 4.69) is 26.6 Å². The summed E-state index contributed by atoms with van der Waals surface area (Å²) in [5.41, 5.74) is 1.56. The number of carbonyl (C=O) groups excluding carboxylic acids is 3. The monoisotopic (exact) mass is 394 g/mol. The lowest BCUT2D eigenvalue weighted by molar-refractivity contribution is -0.146. The van der Waals surface area contributed by atoms with E-state index in [1.54, 1.807) is 24.3 Å². The highest BCUT2D eigenvalue weighted by molar-refractivity contribution is 9.10. The van der Waals surface area contributed by atoms with Gasteiger partial charge in [0.15, 0.2) is 12.4 Å². The summed E-state index contributed by atoms with van der Waals surface area (Å²) in [4.78, 5) is 34.8. The van der Waals surface area contributed by atoms with Crippen LogP contribution in [0, 0.1) is 6.92 Å². The Kier molecular flexibility index (Phi) is 6.14. The first-order valence-electron chi connectivity index (χ1n) is 6.99. The van der Waals surface area contributed by atoms with Crippen LogP contribution in [0.15, 0.2) is 45.5 Å². The van der Waals surface area contributed by atoms with Crippen LogP contribution in [0.3, 0.4) is 0 Å². The number of carbonyl (C=O) groups is 3. The molecular weight excluding hydrogens is 380 g/mol. The van der Waals surface area contributed by atoms with Crippen molar-refractivity contribution in [2.24, 2.45) is 0 Å². The molecule has 0 saturated heterocycles. The van der Waals surface area contributed by atoms with Gasteiger partial charge in [-0.1, -0.05) is 15.9 Å². The van der Waals surface area contributed by atoms with Crippen molar-refractivity contribution in [3.63, 3.8) is 0 Å². The van der Waals surface area contributed by atoms with Gasteiger partial charge in [-0.2, -0.15) is 0 Å². The predicted molar refractivity (Wildman–Crippen MR) is 89.5 cm³/mol. The Morgan fingerprint density at radius 2 is 2.04 bits per heavy atom. The Morgan fingerprint density at radius 1 is 1.25 bits per heavy atom. The molecule has 7 nitrogen and oxygen atoms in total. The lowest BCUT2D eigenvalue weighted by Crippen LogP contribution is -2.32. The second kappa shape index (κ2) is 8.30. The minimum absolute atomic E-state index is 0.0890. The molecule has 0 aliphatic heterocycles. The molecule has 0 atom stereocenters. The number of furan rings is 1. The Hall–Kier alpha value is -2.61. The zero-order chi connectivity index (χ0) is 17.5. The summed E-state index contributed by atoms with van der Waals surface area (Å²) in [6.07, 6.45) is 1.35. The smallest absolute Gasteiger partial charge is 0.325 e. The highest BCUT2D eigenvalue weighted by atomic mass is 79.9. The molecule has 126 valence electrons. The molecule has 0 unspecified atom stereocenters. The van der Waals surface area contributed by atoms with Gasteiger partial charge in [0.25, 0.3) is 11.8 Å². The zero-order valence-corrected chi connectivity index (χ0v) is 14.4. The fourth-order valence-electron chi connectivity index (χ4n) is 1.76. The van der Waals surface area contributed by atoms with Gasteiger partial charge in [0.05, 0.1) is 6.26 Å². The predicted octanol–water partition coefficient (Wildman–Crippen LogP) is 2.26. The summed E-state index contributed by atoms with van der Waals surface area (Å²) in [6, 6.07) is 8.34. The van der Waals surface area contributed by atoms with Crippen LogP contribution in [0.4, 0.5) is 5.69 Å². The molecule has 2 amide bonds. The summed E-state index contributed by atoms with van der Waals surface area (Å²) in [5.74, 6) is -1.64. The van der Waals surface area contributed by atoms with E-state index in [-0.39, 0.29) is 12.3 Å². The first kappa shape index (κ1) is 17.7. The van der Waals surface area contributed by atoms with Gasteiger partial charge < -0.3 is 19.8 Å². The molecule has 1 heterocycles. The first-order chi connectivity index (χ1) is 11.5. The van der Waals surface area contributed by atoms with Gasteiger partial charge in [0, 0.05) is 10.2 Å². The Labute approximate surface area is 146 Å². The molecule has 8 heteroatoms. The van der Waals surface area contributed by atoms with Crippen LogP contribution in [0.25, 0.3) is 0 Å². The van der Waals surface area contributed by atoms with Crippen LogP contribution in [-0.4, -0.2) is 30.9 Å². The fourth-order valence-corrected chi connectivity index (χ4v) is 2.01. The number of hydrogen-bond donors (Lipinski definition) is 2. The molecule has 2 rings (SSSR count). The number of rotatable bonds is 6. The molecule has 2 aromatic rings.